The van der Waals surface area contributed by atoms with Crippen molar-refractivity contribution in [2.24, 2.45) is 0 Å². The lowest BCUT2D eigenvalue weighted by Gasteiger charge is -2.10. The van der Waals surface area contributed by atoms with Crippen LogP contribution in [0.3, 0.4) is 0 Å². The van der Waals surface area contributed by atoms with Crippen LogP contribution in [0, 0.1) is 5.82 Å². The Labute approximate surface area is 174 Å². The maximum Gasteiger partial charge on any atom is 0.255 e. The largest absolute Gasteiger partial charge is 0.322 e. The summed E-state index contributed by atoms with van der Waals surface area (Å²) in [5.41, 5.74) is 5.39. The van der Waals surface area contributed by atoms with Gasteiger partial charge < -0.3 is 5.32 Å². The molecule has 2 aliphatic rings. The number of carbonyl (C=O) groups excluding carboxylic acids is 1. The molecule has 0 radical (unpaired) electrons. The Balaban J connectivity index is 1.39. The molecule has 0 atom stereocenters. The predicted octanol–water partition coefficient (Wildman–Crippen LogP) is 4.09. The second kappa shape index (κ2) is 7.04. The summed E-state index contributed by atoms with van der Waals surface area (Å²) in [5.74, 6) is -1.37. The van der Waals surface area contributed by atoms with E-state index in [-0.39, 0.29) is 11.6 Å². The molecule has 30 heavy (non-hydrogen) atoms. The number of amides is 1. The lowest BCUT2D eigenvalue weighted by molar-refractivity contribution is 0.102. The van der Waals surface area contributed by atoms with Crippen LogP contribution in [0.15, 0.2) is 65.6 Å². The van der Waals surface area contributed by atoms with Crippen LogP contribution in [-0.4, -0.2) is 20.4 Å². The van der Waals surface area contributed by atoms with Crippen molar-refractivity contribution in [3.05, 3.63) is 83.2 Å². The van der Waals surface area contributed by atoms with Crippen molar-refractivity contribution in [3.63, 3.8) is 0 Å². The van der Waals surface area contributed by atoms with Crippen LogP contribution in [0.2, 0.25) is 0 Å². The average Bonchev–Trinajstić information content (AvgIpc) is 3.44. The third-order valence-electron chi connectivity index (χ3n) is 5.43. The summed E-state index contributed by atoms with van der Waals surface area (Å²) in [6, 6.07) is 17.1. The summed E-state index contributed by atoms with van der Waals surface area (Å²) in [7, 11) is -4.00. The van der Waals surface area contributed by atoms with Gasteiger partial charge in [0.05, 0.1) is 0 Å². The molecule has 0 aliphatic heterocycles. The molecule has 5 rings (SSSR count). The molecule has 1 fully saturated rings. The number of carbonyl (C=O) groups is 1. The van der Waals surface area contributed by atoms with E-state index in [1.54, 1.807) is 0 Å². The van der Waals surface area contributed by atoms with E-state index in [0.717, 1.165) is 42.5 Å². The minimum atomic E-state index is -4.00. The van der Waals surface area contributed by atoms with Gasteiger partial charge in [0.15, 0.2) is 0 Å². The Kier molecular flexibility index (Phi) is 4.45. The zero-order chi connectivity index (χ0) is 20.9. The van der Waals surface area contributed by atoms with Crippen molar-refractivity contribution >= 4 is 21.6 Å². The minimum Gasteiger partial charge on any atom is -0.322 e. The maximum absolute atomic E-state index is 14.2. The summed E-state index contributed by atoms with van der Waals surface area (Å²) in [6.07, 6.45) is 2.27. The number of nitrogens with one attached hydrogen (secondary N) is 2. The van der Waals surface area contributed by atoms with Gasteiger partial charge in [-0.2, -0.15) is 0 Å². The highest BCUT2D eigenvalue weighted by molar-refractivity contribution is 7.89. The van der Waals surface area contributed by atoms with Crippen LogP contribution in [-0.2, 0) is 16.4 Å². The quantitative estimate of drug-likeness (QED) is 0.509. The van der Waals surface area contributed by atoms with Crippen LogP contribution in [0.5, 0.6) is 0 Å². The Hall–Kier alpha value is -3.03. The molecule has 3 aromatic carbocycles. The molecular formula is C23H19FN2O3S. The zero-order valence-corrected chi connectivity index (χ0v) is 16.8. The first-order chi connectivity index (χ1) is 14.4. The highest BCUT2D eigenvalue weighted by atomic mass is 32.2. The summed E-state index contributed by atoms with van der Waals surface area (Å²) in [6.45, 7) is 0. The van der Waals surface area contributed by atoms with Gasteiger partial charge >= 0.3 is 0 Å². The number of hydrogen-bond acceptors (Lipinski definition) is 3. The molecule has 0 unspecified atom stereocenters. The fourth-order valence-electron chi connectivity index (χ4n) is 3.76. The van der Waals surface area contributed by atoms with Gasteiger partial charge in [-0.1, -0.05) is 30.3 Å². The van der Waals surface area contributed by atoms with E-state index in [2.05, 4.69) is 22.2 Å². The van der Waals surface area contributed by atoms with Gasteiger partial charge in [-0.05, 0) is 71.8 Å². The molecule has 5 nitrogen and oxygen atoms in total. The molecule has 2 aliphatic carbocycles. The van der Waals surface area contributed by atoms with E-state index < -0.39 is 26.6 Å². The number of fused-ring (bicyclic) bond motifs is 3. The number of sulfonamides is 1. The van der Waals surface area contributed by atoms with E-state index >= 15 is 0 Å². The van der Waals surface area contributed by atoms with Crippen LogP contribution in [0.4, 0.5) is 10.1 Å². The number of rotatable bonds is 5. The zero-order valence-electron chi connectivity index (χ0n) is 16.0. The summed E-state index contributed by atoms with van der Waals surface area (Å²) < 4.78 is 41.4. The molecule has 1 amide bonds. The molecular weight excluding hydrogens is 403 g/mol. The monoisotopic (exact) mass is 422 g/mol. The van der Waals surface area contributed by atoms with Crippen molar-refractivity contribution in [2.45, 2.75) is 30.2 Å². The Morgan fingerprint density at radius 3 is 2.50 bits per heavy atom. The molecule has 152 valence electrons. The number of anilines is 1. The first kappa shape index (κ1) is 19.0. The SMILES string of the molecule is O=C(Nc1ccc2c(c1)Cc1ccccc1-2)c1ccc(F)c(S(=O)(=O)NC2CC2)c1. The summed E-state index contributed by atoms with van der Waals surface area (Å²) in [5, 5.41) is 2.79. The van der Waals surface area contributed by atoms with Gasteiger partial charge in [0, 0.05) is 17.3 Å². The second-order valence-electron chi connectivity index (χ2n) is 7.70. The van der Waals surface area contributed by atoms with Crippen molar-refractivity contribution < 1.29 is 17.6 Å². The van der Waals surface area contributed by atoms with Crippen molar-refractivity contribution in [1.29, 1.82) is 0 Å². The Bertz CT molecular complexity index is 1280. The number of benzene rings is 3. The molecule has 0 spiro atoms. The van der Waals surface area contributed by atoms with Crippen molar-refractivity contribution in [1.82, 2.24) is 4.72 Å². The normalized spacial score (nSPS) is 14.8. The Morgan fingerprint density at radius 2 is 1.70 bits per heavy atom. The van der Waals surface area contributed by atoms with Crippen LogP contribution < -0.4 is 10.0 Å². The smallest absolute Gasteiger partial charge is 0.255 e. The lowest BCUT2D eigenvalue weighted by Crippen LogP contribution is -2.27. The first-order valence-electron chi connectivity index (χ1n) is 9.75. The van der Waals surface area contributed by atoms with Gasteiger partial charge in [0.2, 0.25) is 10.0 Å². The minimum absolute atomic E-state index is 0.0800. The molecule has 0 bridgehead atoms. The third kappa shape index (κ3) is 3.51. The van der Waals surface area contributed by atoms with Gasteiger partial charge in [0.25, 0.3) is 5.91 Å². The van der Waals surface area contributed by atoms with Crippen LogP contribution >= 0.6 is 0 Å². The number of halogens is 1. The summed E-state index contributed by atoms with van der Waals surface area (Å²) in [4.78, 5) is 12.2. The van der Waals surface area contributed by atoms with Crippen molar-refractivity contribution in [3.8, 4) is 11.1 Å². The molecule has 2 N–H and O–H groups in total. The molecule has 0 heterocycles. The molecule has 3 aromatic rings. The van der Waals surface area contributed by atoms with E-state index in [0.29, 0.717) is 5.69 Å². The van der Waals surface area contributed by atoms with Gasteiger partial charge in [-0.3, -0.25) is 4.79 Å². The van der Waals surface area contributed by atoms with E-state index in [1.807, 2.05) is 30.3 Å². The maximum atomic E-state index is 14.2. The van der Waals surface area contributed by atoms with Crippen molar-refractivity contribution in [2.75, 3.05) is 5.32 Å². The standard InChI is InChI=1S/C23H19FN2O3S/c24-21-10-5-15(13-22(21)30(28,29)26-17-6-7-17)23(27)25-18-8-9-20-16(12-18)11-14-3-1-2-4-19(14)20/h1-5,8-10,12-13,17,26H,6-7,11H2,(H,25,27). The fraction of sp³-hybridized carbons (Fsp3) is 0.174. The molecule has 7 heteroatoms. The lowest BCUT2D eigenvalue weighted by atomic mass is 10.1. The summed E-state index contributed by atoms with van der Waals surface area (Å²) >= 11 is 0. The van der Waals surface area contributed by atoms with E-state index in [1.165, 1.54) is 17.2 Å². The van der Waals surface area contributed by atoms with E-state index in [4.69, 9.17) is 0 Å². The molecule has 0 saturated heterocycles. The fourth-order valence-corrected chi connectivity index (χ4v) is 5.17. The predicted molar refractivity (Wildman–Crippen MR) is 112 cm³/mol. The molecule has 0 aromatic heterocycles. The van der Waals surface area contributed by atoms with Gasteiger partial charge in [-0.15, -0.1) is 0 Å². The topological polar surface area (TPSA) is 75.3 Å². The highest BCUT2D eigenvalue weighted by Crippen LogP contribution is 2.37. The van der Waals surface area contributed by atoms with Crippen LogP contribution in [0.25, 0.3) is 11.1 Å². The highest BCUT2D eigenvalue weighted by Gasteiger charge is 2.30. The van der Waals surface area contributed by atoms with E-state index in [9.17, 15) is 17.6 Å². The van der Waals surface area contributed by atoms with Gasteiger partial charge in [0.1, 0.15) is 10.7 Å². The average molecular weight is 422 g/mol. The first-order valence-corrected chi connectivity index (χ1v) is 11.2. The second-order valence-corrected chi connectivity index (χ2v) is 9.38. The third-order valence-corrected chi connectivity index (χ3v) is 6.97. The van der Waals surface area contributed by atoms with Gasteiger partial charge in [-0.25, -0.2) is 17.5 Å². The number of hydrogen-bond donors (Lipinski definition) is 2. The Morgan fingerprint density at radius 1 is 0.933 bits per heavy atom. The molecule has 1 saturated carbocycles. The van der Waals surface area contributed by atoms with Crippen LogP contribution in [0.1, 0.15) is 34.3 Å².